The van der Waals surface area contributed by atoms with Gasteiger partial charge in [-0.05, 0) is 24.3 Å². The van der Waals surface area contributed by atoms with Gasteiger partial charge < -0.3 is 14.5 Å². The van der Waals surface area contributed by atoms with Crippen LogP contribution in [0.1, 0.15) is 5.56 Å². The maximum atomic E-state index is 12.0. The van der Waals surface area contributed by atoms with Gasteiger partial charge in [0.15, 0.2) is 0 Å². The third-order valence-corrected chi connectivity index (χ3v) is 3.42. The normalized spacial score (nSPS) is 24.2. The van der Waals surface area contributed by atoms with Crippen LogP contribution in [0.4, 0.5) is 13.2 Å². The van der Waals surface area contributed by atoms with Crippen molar-refractivity contribution in [3.8, 4) is 5.75 Å². The Balaban J connectivity index is 1.88. The van der Waals surface area contributed by atoms with Crippen LogP contribution >= 0.6 is 0 Å². The summed E-state index contributed by atoms with van der Waals surface area (Å²) in [5.41, 5.74) is 1.05. The van der Waals surface area contributed by atoms with E-state index in [1.54, 1.807) is 12.1 Å². The van der Waals surface area contributed by atoms with Gasteiger partial charge in [0.25, 0.3) is 0 Å². The molecular formula is C13H19F3N2O+2. The van der Waals surface area contributed by atoms with Crippen LogP contribution in [0.2, 0.25) is 0 Å². The SMILES string of the molecule is C[NH+]1CC[NH+](Cc2ccc(OC(F)(F)F)cc2)CC1. The Bertz CT molecular complexity index is 397. The molecule has 1 heterocycles. The lowest BCUT2D eigenvalue weighted by Gasteiger charge is -2.27. The van der Waals surface area contributed by atoms with E-state index in [0.717, 1.165) is 38.3 Å². The van der Waals surface area contributed by atoms with E-state index in [1.165, 1.54) is 21.9 Å². The minimum atomic E-state index is -4.62. The molecule has 3 nitrogen and oxygen atoms in total. The Kier molecular flexibility index (Phi) is 4.31. The van der Waals surface area contributed by atoms with Gasteiger partial charge in [-0.1, -0.05) is 0 Å². The Morgan fingerprint density at radius 2 is 1.63 bits per heavy atom. The first-order valence-corrected chi connectivity index (χ1v) is 6.42. The van der Waals surface area contributed by atoms with Crippen molar-refractivity contribution in [2.75, 3.05) is 33.2 Å². The van der Waals surface area contributed by atoms with Gasteiger partial charge in [-0.25, -0.2) is 0 Å². The summed E-state index contributed by atoms with van der Waals surface area (Å²) < 4.78 is 39.9. The predicted octanol–water partition coefficient (Wildman–Crippen LogP) is -0.502. The lowest BCUT2D eigenvalue weighted by atomic mass is 10.2. The predicted molar refractivity (Wildman–Crippen MR) is 64.1 cm³/mol. The lowest BCUT2D eigenvalue weighted by Crippen LogP contribution is -3.26. The second-order valence-corrected chi connectivity index (χ2v) is 5.08. The van der Waals surface area contributed by atoms with E-state index in [0.29, 0.717) is 0 Å². The van der Waals surface area contributed by atoms with E-state index < -0.39 is 6.36 Å². The van der Waals surface area contributed by atoms with Crippen LogP contribution in [0.15, 0.2) is 24.3 Å². The molecule has 19 heavy (non-hydrogen) atoms. The van der Waals surface area contributed by atoms with E-state index >= 15 is 0 Å². The first-order valence-electron chi connectivity index (χ1n) is 6.42. The lowest BCUT2D eigenvalue weighted by molar-refractivity contribution is -1.01. The zero-order valence-electron chi connectivity index (χ0n) is 10.9. The van der Waals surface area contributed by atoms with Crippen molar-refractivity contribution in [3.63, 3.8) is 0 Å². The van der Waals surface area contributed by atoms with Gasteiger partial charge in [-0.3, -0.25) is 0 Å². The maximum absolute atomic E-state index is 12.0. The minimum Gasteiger partial charge on any atom is -0.406 e. The molecule has 1 saturated heterocycles. The molecule has 2 rings (SSSR count). The number of rotatable bonds is 3. The average Bonchev–Trinajstić information content (AvgIpc) is 2.33. The molecule has 106 valence electrons. The van der Waals surface area contributed by atoms with E-state index in [1.807, 2.05) is 0 Å². The molecule has 0 saturated carbocycles. The van der Waals surface area contributed by atoms with E-state index in [-0.39, 0.29) is 5.75 Å². The quantitative estimate of drug-likeness (QED) is 0.762. The third kappa shape index (κ3) is 4.72. The fourth-order valence-corrected chi connectivity index (χ4v) is 2.30. The smallest absolute Gasteiger partial charge is 0.406 e. The van der Waals surface area contributed by atoms with Crippen LogP contribution in [0.25, 0.3) is 0 Å². The fraction of sp³-hybridized carbons (Fsp3) is 0.538. The summed E-state index contributed by atoms with van der Waals surface area (Å²) in [5, 5.41) is 0. The maximum Gasteiger partial charge on any atom is 0.573 e. The first-order chi connectivity index (χ1) is 8.92. The average molecular weight is 276 g/mol. The molecule has 1 aromatic carbocycles. The van der Waals surface area contributed by atoms with Crippen molar-refractivity contribution in [2.45, 2.75) is 12.9 Å². The molecule has 0 bridgehead atoms. The number of hydrogen-bond donors (Lipinski definition) is 2. The van der Waals surface area contributed by atoms with E-state index in [2.05, 4.69) is 11.8 Å². The van der Waals surface area contributed by atoms with Crippen molar-refractivity contribution < 1.29 is 27.7 Å². The molecular weight excluding hydrogens is 257 g/mol. The topological polar surface area (TPSA) is 18.1 Å². The second kappa shape index (κ2) is 5.79. The molecule has 0 aromatic heterocycles. The molecule has 0 aliphatic carbocycles. The van der Waals surface area contributed by atoms with Crippen molar-refractivity contribution >= 4 is 0 Å². The van der Waals surface area contributed by atoms with Crippen LogP contribution in [0.3, 0.4) is 0 Å². The molecule has 1 aliphatic heterocycles. The van der Waals surface area contributed by atoms with Crippen LogP contribution in [0, 0.1) is 0 Å². The number of benzene rings is 1. The zero-order valence-corrected chi connectivity index (χ0v) is 10.9. The molecule has 1 fully saturated rings. The van der Waals surface area contributed by atoms with Crippen LogP contribution < -0.4 is 14.5 Å². The number of alkyl halides is 3. The molecule has 0 radical (unpaired) electrons. The monoisotopic (exact) mass is 276 g/mol. The summed E-state index contributed by atoms with van der Waals surface area (Å²) in [6.45, 7) is 5.36. The standard InChI is InChI=1S/C13H17F3N2O/c1-17-6-8-18(9-7-17)10-11-2-4-12(5-3-11)19-13(14,15)16/h2-5H,6-10H2,1H3/p+2. The summed E-state index contributed by atoms with van der Waals surface area (Å²) in [6.07, 6.45) is -4.62. The number of nitrogens with one attached hydrogen (secondary N) is 2. The number of halogens is 3. The molecule has 0 amide bonds. The molecule has 6 heteroatoms. The molecule has 0 unspecified atom stereocenters. The van der Waals surface area contributed by atoms with Crippen molar-refractivity contribution in [2.24, 2.45) is 0 Å². The van der Waals surface area contributed by atoms with Crippen LogP contribution in [0.5, 0.6) is 5.75 Å². The highest BCUT2D eigenvalue weighted by Crippen LogP contribution is 2.22. The highest BCUT2D eigenvalue weighted by Gasteiger charge is 2.31. The Morgan fingerprint density at radius 1 is 1.05 bits per heavy atom. The Labute approximate surface area is 110 Å². The Morgan fingerprint density at radius 3 is 2.16 bits per heavy atom. The number of hydrogen-bond acceptors (Lipinski definition) is 1. The summed E-state index contributed by atoms with van der Waals surface area (Å²) in [4.78, 5) is 3.02. The summed E-state index contributed by atoms with van der Waals surface area (Å²) in [6, 6.07) is 6.17. The van der Waals surface area contributed by atoms with Crippen LogP contribution in [-0.2, 0) is 6.54 Å². The highest BCUT2D eigenvalue weighted by atomic mass is 19.4. The third-order valence-electron chi connectivity index (χ3n) is 3.42. The minimum absolute atomic E-state index is 0.158. The van der Waals surface area contributed by atoms with E-state index in [9.17, 15) is 13.2 Å². The van der Waals surface area contributed by atoms with Crippen molar-refractivity contribution in [1.82, 2.24) is 0 Å². The molecule has 1 aliphatic rings. The van der Waals surface area contributed by atoms with Gasteiger partial charge in [0.05, 0.1) is 7.05 Å². The van der Waals surface area contributed by atoms with E-state index in [4.69, 9.17) is 0 Å². The second-order valence-electron chi connectivity index (χ2n) is 5.08. The van der Waals surface area contributed by atoms with Crippen molar-refractivity contribution in [3.05, 3.63) is 29.8 Å². The highest BCUT2D eigenvalue weighted by molar-refractivity contribution is 5.26. The first kappa shape index (κ1) is 14.1. The fourth-order valence-electron chi connectivity index (χ4n) is 2.30. The molecule has 0 spiro atoms. The van der Waals surface area contributed by atoms with Gasteiger partial charge in [-0.15, -0.1) is 13.2 Å². The largest absolute Gasteiger partial charge is 0.573 e. The van der Waals surface area contributed by atoms with Gasteiger partial charge in [-0.2, -0.15) is 0 Å². The zero-order chi connectivity index (χ0) is 13.9. The van der Waals surface area contributed by atoms with Gasteiger partial charge in [0.1, 0.15) is 38.5 Å². The van der Waals surface area contributed by atoms with Gasteiger partial charge >= 0.3 is 6.36 Å². The number of likely N-dealkylation sites (N-methyl/N-ethyl adjacent to an activating group) is 1. The summed E-state index contributed by atoms with van der Waals surface area (Å²) >= 11 is 0. The number of quaternary nitrogens is 2. The van der Waals surface area contributed by atoms with Crippen LogP contribution in [-0.4, -0.2) is 39.6 Å². The number of ether oxygens (including phenoxy) is 1. The summed E-state index contributed by atoms with van der Waals surface area (Å²) in [5.74, 6) is -0.158. The van der Waals surface area contributed by atoms with Gasteiger partial charge in [0, 0.05) is 5.56 Å². The molecule has 2 N–H and O–H groups in total. The van der Waals surface area contributed by atoms with Gasteiger partial charge in [0.2, 0.25) is 0 Å². The molecule has 1 aromatic rings. The van der Waals surface area contributed by atoms with Crippen molar-refractivity contribution in [1.29, 1.82) is 0 Å². The molecule has 0 atom stereocenters. The Hall–Kier alpha value is -1.27. The number of piperazine rings is 1. The summed E-state index contributed by atoms with van der Waals surface area (Å²) in [7, 11) is 2.18.